The first-order chi connectivity index (χ1) is 5.86. The van der Waals surface area contributed by atoms with E-state index in [0.29, 0.717) is 0 Å². The van der Waals surface area contributed by atoms with Gasteiger partial charge in [0.25, 0.3) is 0 Å². The average molecular weight is 159 g/mol. The SMILES string of the molecule is NN1C=CC=c2ccccc2=N1. The van der Waals surface area contributed by atoms with Crippen molar-refractivity contribution >= 4 is 6.08 Å². The van der Waals surface area contributed by atoms with Crippen LogP contribution in [0, 0.1) is 0 Å². The molecule has 12 heavy (non-hydrogen) atoms. The maximum absolute atomic E-state index is 5.51. The van der Waals surface area contributed by atoms with Crippen LogP contribution in [0.15, 0.2) is 41.6 Å². The van der Waals surface area contributed by atoms with Crippen molar-refractivity contribution in [3.05, 3.63) is 47.1 Å². The Kier molecular flexibility index (Phi) is 1.64. The normalized spacial score (nSPS) is 14.2. The molecule has 2 N–H and O–H groups in total. The second-order valence-corrected chi connectivity index (χ2v) is 2.55. The van der Waals surface area contributed by atoms with Crippen molar-refractivity contribution in [2.24, 2.45) is 10.9 Å². The second-order valence-electron chi connectivity index (χ2n) is 2.55. The van der Waals surface area contributed by atoms with Gasteiger partial charge in [-0.15, -0.1) is 0 Å². The third-order valence-corrected chi connectivity index (χ3v) is 1.67. The van der Waals surface area contributed by atoms with E-state index in [0.717, 1.165) is 10.6 Å². The molecule has 0 amide bonds. The third kappa shape index (κ3) is 1.22. The van der Waals surface area contributed by atoms with Gasteiger partial charge in [0.05, 0.1) is 5.36 Å². The number of hydrogen-bond acceptors (Lipinski definition) is 3. The molecule has 0 bridgehead atoms. The van der Waals surface area contributed by atoms with Crippen molar-refractivity contribution in [1.29, 1.82) is 0 Å². The third-order valence-electron chi connectivity index (χ3n) is 1.67. The summed E-state index contributed by atoms with van der Waals surface area (Å²) in [5.41, 5.74) is 0. The molecule has 0 unspecified atom stereocenters. The van der Waals surface area contributed by atoms with Crippen molar-refractivity contribution in [1.82, 2.24) is 5.12 Å². The maximum atomic E-state index is 5.51. The minimum atomic E-state index is 0.894. The van der Waals surface area contributed by atoms with Crippen molar-refractivity contribution in [2.75, 3.05) is 0 Å². The summed E-state index contributed by atoms with van der Waals surface area (Å²) in [5.74, 6) is 5.51. The Morgan fingerprint density at radius 1 is 1.25 bits per heavy atom. The average Bonchev–Trinajstić information content (AvgIpc) is 2.25. The Morgan fingerprint density at radius 2 is 2.08 bits per heavy atom. The van der Waals surface area contributed by atoms with E-state index >= 15 is 0 Å². The number of nitrogens with two attached hydrogens (primary N) is 1. The second kappa shape index (κ2) is 2.79. The van der Waals surface area contributed by atoms with Crippen LogP contribution in [0.25, 0.3) is 6.08 Å². The van der Waals surface area contributed by atoms with Crippen LogP contribution in [0.3, 0.4) is 0 Å². The van der Waals surface area contributed by atoms with Crippen LogP contribution in [-0.4, -0.2) is 5.12 Å². The van der Waals surface area contributed by atoms with E-state index in [1.807, 2.05) is 36.4 Å². The predicted molar refractivity (Wildman–Crippen MR) is 46.9 cm³/mol. The number of hydrazine groups is 1. The summed E-state index contributed by atoms with van der Waals surface area (Å²) in [4.78, 5) is 0. The lowest BCUT2D eigenvalue weighted by molar-refractivity contribution is 0.405. The molecule has 0 saturated carbocycles. The summed E-state index contributed by atoms with van der Waals surface area (Å²) < 4.78 is 0. The lowest BCUT2D eigenvalue weighted by atomic mass is 10.3. The van der Waals surface area contributed by atoms with Crippen LogP contribution >= 0.6 is 0 Å². The quantitative estimate of drug-likeness (QED) is 0.528. The minimum absolute atomic E-state index is 0.894. The highest BCUT2D eigenvalue weighted by atomic mass is 15.6. The van der Waals surface area contributed by atoms with Gasteiger partial charge in [0, 0.05) is 11.4 Å². The Morgan fingerprint density at radius 3 is 3.00 bits per heavy atom. The predicted octanol–water partition coefficient (Wildman–Crippen LogP) is -0.295. The zero-order chi connectivity index (χ0) is 8.39. The minimum Gasteiger partial charge on any atom is -0.227 e. The first-order valence-corrected chi connectivity index (χ1v) is 3.72. The van der Waals surface area contributed by atoms with Gasteiger partial charge >= 0.3 is 0 Å². The van der Waals surface area contributed by atoms with Gasteiger partial charge in [0.2, 0.25) is 0 Å². The summed E-state index contributed by atoms with van der Waals surface area (Å²) in [7, 11) is 0. The van der Waals surface area contributed by atoms with Crippen LogP contribution in [0.5, 0.6) is 0 Å². The van der Waals surface area contributed by atoms with E-state index < -0.39 is 0 Å². The van der Waals surface area contributed by atoms with Crippen molar-refractivity contribution in [3.63, 3.8) is 0 Å². The fourth-order valence-corrected chi connectivity index (χ4v) is 1.11. The highest BCUT2D eigenvalue weighted by Gasteiger charge is 1.90. The fourth-order valence-electron chi connectivity index (χ4n) is 1.11. The van der Waals surface area contributed by atoms with Gasteiger partial charge in [0.1, 0.15) is 0 Å². The molecule has 0 aromatic heterocycles. The summed E-state index contributed by atoms with van der Waals surface area (Å²) >= 11 is 0. The zero-order valence-electron chi connectivity index (χ0n) is 6.51. The molecule has 2 rings (SSSR count). The standard InChI is InChI=1S/C9H9N3/c10-12-7-3-5-8-4-1-2-6-9(8)11-12/h1-7H,10H2. The van der Waals surface area contributed by atoms with Gasteiger partial charge in [-0.1, -0.05) is 24.3 Å². The van der Waals surface area contributed by atoms with Gasteiger partial charge in [-0.25, -0.2) is 11.0 Å². The Hall–Kier alpha value is -1.61. The smallest absolute Gasteiger partial charge is 0.0923 e. The van der Waals surface area contributed by atoms with Crippen LogP contribution in [0.1, 0.15) is 0 Å². The topological polar surface area (TPSA) is 41.6 Å². The number of nitrogens with zero attached hydrogens (tertiary/aromatic N) is 2. The molecule has 0 fully saturated rings. The van der Waals surface area contributed by atoms with E-state index in [4.69, 9.17) is 5.84 Å². The number of fused-ring (bicyclic) bond motifs is 1. The molecular formula is C9H9N3. The summed E-state index contributed by atoms with van der Waals surface area (Å²) in [6, 6.07) is 7.85. The largest absolute Gasteiger partial charge is 0.227 e. The zero-order valence-corrected chi connectivity index (χ0v) is 6.51. The molecule has 1 aromatic carbocycles. The van der Waals surface area contributed by atoms with E-state index in [-0.39, 0.29) is 0 Å². The molecule has 1 aliphatic heterocycles. The first-order valence-electron chi connectivity index (χ1n) is 3.72. The van der Waals surface area contributed by atoms with Gasteiger partial charge < -0.3 is 0 Å². The maximum Gasteiger partial charge on any atom is 0.0923 e. The molecule has 0 spiro atoms. The summed E-state index contributed by atoms with van der Waals surface area (Å²) in [6.07, 6.45) is 5.56. The van der Waals surface area contributed by atoms with Gasteiger partial charge in [0.15, 0.2) is 0 Å². The van der Waals surface area contributed by atoms with Crippen LogP contribution < -0.4 is 16.4 Å². The molecule has 3 heteroatoms. The van der Waals surface area contributed by atoms with E-state index in [2.05, 4.69) is 5.10 Å². The van der Waals surface area contributed by atoms with Crippen LogP contribution in [0.2, 0.25) is 0 Å². The van der Waals surface area contributed by atoms with E-state index in [1.54, 1.807) is 6.20 Å². The molecule has 1 aromatic rings. The Bertz CT molecular complexity index is 420. The number of hydrogen-bond donors (Lipinski definition) is 1. The lowest BCUT2D eigenvalue weighted by Gasteiger charge is -2.01. The molecule has 0 aliphatic carbocycles. The Balaban J connectivity index is 2.75. The molecule has 0 atom stereocenters. The van der Waals surface area contributed by atoms with Gasteiger partial charge in [-0.2, -0.15) is 5.10 Å². The summed E-state index contributed by atoms with van der Waals surface area (Å²) in [5, 5.41) is 7.42. The molecule has 0 radical (unpaired) electrons. The fraction of sp³-hybridized carbons (Fsp3) is 0. The molecule has 1 heterocycles. The van der Waals surface area contributed by atoms with Crippen LogP contribution in [0.4, 0.5) is 0 Å². The number of allylic oxidation sites excluding steroid dienone is 1. The Labute approximate surface area is 70.1 Å². The number of rotatable bonds is 0. The highest BCUT2D eigenvalue weighted by Crippen LogP contribution is 1.84. The van der Waals surface area contributed by atoms with Gasteiger partial charge in [-0.3, -0.25) is 0 Å². The van der Waals surface area contributed by atoms with E-state index in [9.17, 15) is 0 Å². The lowest BCUT2D eigenvalue weighted by Crippen LogP contribution is -2.28. The molecule has 1 aliphatic rings. The van der Waals surface area contributed by atoms with Crippen LogP contribution in [-0.2, 0) is 0 Å². The molecule has 3 nitrogen and oxygen atoms in total. The summed E-state index contributed by atoms with van der Waals surface area (Å²) in [6.45, 7) is 0. The molecule has 0 saturated heterocycles. The highest BCUT2D eigenvalue weighted by molar-refractivity contribution is 5.36. The van der Waals surface area contributed by atoms with E-state index in [1.165, 1.54) is 5.12 Å². The monoisotopic (exact) mass is 159 g/mol. The van der Waals surface area contributed by atoms with Gasteiger partial charge in [-0.05, 0) is 12.1 Å². The molecular weight excluding hydrogens is 150 g/mol. The van der Waals surface area contributed by atoms with Crippen molar-refractivity contribution in [2.45, 2.75) is 0 Å². The van der Waals surface area contributed by atoms with Crippen molar-refractivity contribution < 1.29 is 0 Å². The first kappa shape index (κ1) is 7.06. The van der Waals surface area contributed by atoms with Crippen molar-refractivity contribution in [3.8, 4) is 0 Å². The molecule has 60 valence electrons. The number of benzene rings is 1.